The zero-order chi connectivity index (χ0) is 49.5. The second-order valence-electron chi connectivity index (χ2n) is 18.6. The third kappa shape index (κ3) is 9.54. The summed E-state index contributed by atoms with van der Waals surface area (Å²) in [6, 6.07) is 2.96. The van der Waals surface area contributed by atoms with Crippen LogP contribution in [0.15, 0.2) is 21.9 Å². The summed E-state index contributed by atoms with van der Waals surface area (Å²) in [6.07, 6.45) is 2.20. The molecule has 4 heterocycles. The van der Waals surface area contributed by atoms with E-state index in [0.29, 0.717) is 55.5 Å². The number of anilines is 1. The number of likely N-dealkylation sites (tertiary alicyclic amines) is 1. The molecule has 7 rings (SSSR count). The SMILES string of the molecule is CC1CC(C)(C)Nc2c1cc1c(c2S(=O)(=O)[O-])Oc2c(S(=O)(=O)[O-])c3c(cc2=C1c1c(Cl)c(C(=O)NCCCCCN2C(=O)CC(SCCN)C2=O)c(Cl)c(Cl)c1C(=O)O)C(C)CC(C)(C)[NH+]=3. The molecule has 0 aromatic heterocycles. The van der Waals surface area contributed by atoms with E-state index in [9.17, 15) is 50.2 Å². The predicted octanol–water partition coefficient (Wildman–Crippen LogP) is 3.91. The fraction of sp³-hybridized carbons (Fsp3) is 0.477. The molecule has 3 aromatic carbocycles. The Labute approximate surface area is 406 Å². The number of nitrogens with two attached hydrogens (primary N) is 1. The average Bonchev–Trinajstić information content (AvgIpc) is 3.46. The van der Waals surface area contributed by atoms with Gasteiger partial charge in [-0.15, -0.1) is 11.8 Å². The van der Waals surface area contributed by atoms with Crippen molar-refractivity contribution in [3.63, 3.8) is 0 Å². The third-order valence-electron chi connectivity index (χ3n) is 12.4. The number of halogens is 3. The molecule has 3 atom stereocenters. The van der Waals surface area contributed by atoms with E-state index in [4.69, 9.17) is 45.3 Å². The Kier molecular flexibility index (Phi) is 14.0. The summed E-state index contributed by atoms with van der Waals surface area (Å²) < 4.78 is 87.6. The van der Waals surface area contributed by atoms with Crippen LogP contribution in [0.3, 0.4) is 0 Å². The number of rotatable bonds is 14. The van der Waals surface area contributed by atoms with Gasteiger partial charge in [0.25, 0.3) is 5.91 Å². The monoisotopic (exact) mass is 1040 g/mol. The molecule has 0 aliphatic carbocycles. The second kappa shape index (κ2) is 18.4. The second-order valence-corrected chi connectivity index (χ2v) is 23.7. The van der Waals surface area contributed by atoms with Crippen LogP contribution in [-0.2, 0) is 29.8 Å². The van der Waals surface area contributed by atoms with Crippen LogP contribution in [0.1, 0.15) is 135 Å². The number of nitrogens with zero attached hydrogens (tertiary/aromatic N) is 1. The van der Waals surface area contributed by atoms with E-state index in [1.807, 2.05) is 0 Å². The number of carboxylic acid groups (broad SMARTS) is 1. The number of imide groups is 1. The molecule has 0 saturated carbocycles. The number of unbranched alkanes of at least 4 members (excludes halogenated alkanes) is 2. The summed E-state index contributed by atoms with van der Waals surface area (Å²) in [4.78, 5) is 55.3. The van der Waals surface area contributed by atoms with Gasteiger partial charge in [-0.2, -0.15) is 0 Å². The number of ether oxygens (including phenoxy) is 1. The molecule has 3 aromatic rings. The van der Waals surface area contributed by atoms with Crippen LogP contribution in [0.5, 0.6) is 11.5 Å². The van der Waals surface area contributed by atoms with Gasteiger partial charge in [0.2, 0.25) is 17.2 Å². The van der Waals surface area contributed by atoms with Crippen molar-refractivity contribution in [1.29, 1.82) is 0 Å². The number of thioether (sulfide) groups is 1. The van der Waals surface area contributed by atoms with E-state index in [0.717, 1.165) is 0 Å². The summed E-state index contributed by atoms with van der Waals surface area (Å²) in [5.41, 5.74) is 2.14. The largest absolute Gasteiger partial charge is 0.744 e. The Morgan fingerprint density at radius 1 is 0.940 bits per heavy atom. The number of hydrogen-bond donors (Lipinski definition) is 5. The lowest BCUT2D eigenvalue weighted by atomic mass is 9.79. The summed E-state index contributed by atoms with van der Waals surface area (Å²) in [7, 11) is -11.1. The van der Waals surface area contributed by atoms with Gasteiger partial charge in [-0.3, -0.25) is 19.3 Å². The number of aromatic carboxylic acids is 1. The molecule has 0 bridgehead atoms. The van der Waals surface area contributed by atoms with Gasteiger partial charge in [-0.05, 0) is 82.9 Å². The van der Waals surface area contributed by atoms with Gasteiger partial charge in [0.05, 0.1) is 37.1 Å². The minimum Gasteiger partial charge on any atom is -0.744 e. The maximum absolute atomic E-state index is 14.2. The van der Waals surface area contributed by atoms with E-state index in [-0.39, 0.29) is 58.7 Å². The highest BCUT2D eigenvalue weighted by molar-refractivity contribution is 8.00. The van der Waals surface area contributed by atoms with Crippen LogP contribution in [0.4, 0.5) is 5.69 Å². The lowest BCUT2D eigenvalue weighted by Gasteiger charge is -2.40. The molecule has 362 valence electrons. The van der Waals surface area contributed by atoms with Gasteiger partial charge in [0.15, 0.2) is 21.9 Å². The zero-order valence-corrected chi connectivity index (χ0v) is 42.0. The number of carbonyl (C=O) groups is 4. The van der Waals surface area contributed by atoms with Crippen molar-refractivity contribution in [3.8, 4) is 11.5 Å². The minimum atomic E-state index is -5.56. The van der Waals surface area contributed by atoms with E-state index in [1.54, 1.807) is 41.5 Å². The van der Waals surface area contributed by atoms with Crippen molar-refractivity contribution in [1.82, 2.24) is 10.2 Å². The van der Waals surface area contributed by atoms with Crippen LogP contribution in [0.2, 0.25) is 15.1 Å². The smallest absolute Gasteiger partial charge is 0.337 e. The topological polar surface area (TPSA) is 279 Å². The van der Waals surface area contributed by atoms with E-state index in [2.05, 4.69) is 15.6 Å². The Morgan fingerprint density at radius 3 is 2.21 bits per heavy atom. The van der Waals surface area contributed by atoms with E-state index < -0.39 is 113 Å². The zero-order valence-electron chi connectivity index (χ0n) is 37.3. The van der Waals surface area contributed by atoms with Crippen molar-refractivity contribution in [2.45, 2.75) is 118 Å². The number of nitrogens with one attached hydrogen (secondary N) is 3. The summed E-state index contributed by atoms with van der Waals surface area (Å²) >= 11 is 22.0. The van der Waals surface area contributed by atoms with Crippen LogP contribution in [0.25, 0.3) is 5.57 Å². The molecule has 0 spiro atoms. The molecule has 6 N–H and O–H groups in total. The molecule has 3 amide bonds. The Balaban J connectivity index is 1.43. The third-order valence-corrected chi connectivity index (χ3v) is 16.6. The van der Waals surface area contributed by atoms with E-state index >= 15 is 0 Å². The van der Waals surface area contributed by atoms with E-state index in [1.165, 1.54) is 28.8 Å². The molecule has 67 heavy (non-hydrogen) atoms. The van der Waals surface area contributed by atoms with Crippen molar-refractivity contribution < 1.29 is 60.0 Å². The Morgan fingerprint density at radius 2 is 1.58 bits per heavy atom. The highest BCUT2D eigenvalue weighted by atomic mass is 35.5. The average molecular weight is 1040 g/mol. The van der Waals surface area contributed by atoms with Crippen molar-refractivity contribution in [2.24, 2.45) is 5.73 Å². The van der Waals surface area contributed by atoms with Gasteiger partial charge in [-0.1, -0.05) is 48.7 Å². The van der Waals surface area contributed by atoms with Crippen LogP contribution in [0, 0.1) is 0 Å². The molecular weight excluding hydrogens is 993 g/mol. The lowest BCUT2D eigenvalue weighted by molar-refractivity contribution is -0.590. The highest BCUT2D eigenvalue weighted by Gasteiger charge is 2.43. The quantitative estimate of drug-likeness (QED) is 0.0518. The standard InChI is InChI=1S/C44H50Cl3N5O12S3/c1-19-17-43(3,4)50-34-21(19)14-23-27(24-15-22-20(2)18-44(5,6)51-35(22)39(67(61,62)63)37(24)64-36(23)38(34)66(58,59)60)28-29(42(56)57)32(46)33(47)30(31(28)45)40(54)49-11-8-7-9-12-52-26(53)16-25(41(52)55)65-13-10-48/h14-15,19-20,25,50H,7-13,16-18,48H2,1-6H3,(H,49,54)(H,56,57)(H,58,59,60)(H,61,62,63)/p-1. The molecular formula is C44H49Cl3N5O12S3-. The number of fused-ring (bicyclic) bond motifs is 4. The van der Waals surface area contributed by atoms with Gasteiger partial charge < -0.3 is 35.3 Å². The number of hydrogen-bond acceptors (Lipinski definition) is 14. The van der Waals surface area contributed by atoms with Crippen LogP contribution < -0.4 is 36.7 Å². The maximum Gasteiger partial charge on any atom is 0.337 e. The van der Waals surface area contributed by atoms with Crippen LogP contribution in [-0.4, -0.2) is 101 Å². The molecule has 0 radical (unpaired) electrons. The molecule has 1 fully saturated rings. The highest BCUT2D eigenvalue weighted by Crippen LogP contribution is 2.53. The number of carboxylic acids is 1. The van der Waals surface area contributed by atoms with Gasteiger partial charge in [-0.25, -0.2) is 26.6 Å². The summed E-state index contributed by atoms with van der Waals surface area (Å²) in [5, 5.41) is 14.0. The number of carbonyl (C=O) groups excluding carboxylic acids is 3. The van der Waals surface area contributed by atoms with Crippen molar-refractivity contribution in [3.05, 3.63) is 71.2 Å². The van der Waals surface area contributed by atoms with Crippen molar-refractivity contribution in [2.75, 3.05) is 30.7 Å². The van der Waals surface area contributed by atoms with Gasteiger partial charge in [0.1, 0.15) is 25.1 Å². The first-order chi connectivity index (χ1) is 31.1. The summed E-state index contributed by atoms with van der Waals surface area (Å²) in [6.45, 7) is 11.3. The molecule has 4 aliphatic heterocycles. The number of benzene rings is 3. The van der Waals surface area contributed by atoms with Gasteiger partial charge >= 0.3 is 5.97 Å². The Bertz CT molecular complexity index is 3040. The molecule has 4 aliphatic rings. The first-order valence-corrected chi connectivity index (χ1v) is 26.4. The maximum atomic E-state index is 14.2. The minimum absolute atomic E-state index is 0.0161. The first kappa shape index (κ1) is 50.9. The number of amides is 3. The first-order valence-electron chi connectivity index (χ1n) is 21.4. The predicted molar refractivity (Wildman–Crippen MR) is 249 cm³/mol. The Hall–Kier alpha value is -3.99. The normalized spacial score (nSPS) is 20.5. The fourth-order valence-corrected chi connectivity index (χ4v) is 13.3. The van der Waals surface area contributed by atoms with Crippen LogP contribution >= 0.6 is 46.6 Å². The van der Waals surface area contributed by atoms with Gasteiger partial charge in [0, 0.05) is 71.2 Å². The molecule has 3 unspecified atom stereocenters. The molecule has 1 saturated heterocycles. The molecule has 17 nitrogen and oxygen atoms in total. The van der Waals surface area contributed by atoms with Crippen molar-refractivity contribution >= 4 is 102 Å². The molecule has 23 heteroatoms. The summed E-state index contributed by atoms with van der Waals surface area (Å²) in [5.74, 6) is -4.96. The lowest BCUT2D eigenvalue weighted by Crippen LogP contribution is -2.91. The fourth-order valence-electron chi connectivity index (χ4n) is 9.84.